The summed E-state index contributed by atoms with van der Waals surface area (Å²) in [4.78, 5) is 12.0. The molecule has 0 aromatic heterocycles. The minimum atomic E-state index is -0.610. The molecule has 19 heavy (non-hydrogen) atoms. The average Bonchev–Trinajstić information content (AvgIpc) is 2.33. The Morgan fingerprint density at radius 2 is 2.11 bits per heavy atom. The molecular weight excluding hydrogens is 247 g/mol. The van der Waals surface area contributed by atoms with Crippen molar-refractivity contribution in [1.82, 2.24) is 5.32 Å². The number of ether oxygens (including phenoxy) is 1. The number of hydrogen-bond acceptors (Lipinski definition) is 3. The fraction of sp³-hybridized carbons (Fsp3) is 0.500. The number of amides is 1. The summed E-state index contributed by atoms with van der Waals surface area (Å²) in [5.74, 6) is -0.702. The van der Waals surface area contributed by atoms with Crippen molar-refractivity contribution >= 4 is 5.91 Å². The Balaban J connectivity index is 2.89. The third-order valence-corrected chi connectivity index (χ3v) is 3.01. The Hall–Kier alpha value is -1.62. The van der Waals surface area contributed by atoms with Gasteiger partial charge in [0.1, 0.15) is 11.6 Å². The van der Waals surface area contributed by atoms with Gasteiger partial charge in [-0.25, -0.2) is 4.39 Å². The van der Waals surface area contributed by atoms with Crippen molar-refractivity contribution in [3.8, 4) is 5.75 Å². The number of hydrogen-bond donors (Lipinski definition) is 2. The van der Waals surface area contributed by atoms with Crippen LogP contribution in [-0.4, -0.2) is 25.6 Å². The topological polar surface area (TPSA) is 64.3 Å². The molecule has 1 aromatic rings. The number of nitrogens with two attached hydrogens (primary N) is 1. The molecule has 1 unspecified atom stereocenters. The van der Waals surface area contributed by atoms with E-state index in [9.17, 15) is 9.18 Å². The predicted molar refractivity (Wildman–Crippen MR) is 72.7 cm³/mol. The summed E-state index contributed by atoms with van der Waals surface area (Å²) < 4.78 is 18.7. The van der Waals surface area contributed by atoms with E-state index < -0.39 is 11.7 Å². The molecule has 1 atom stereocenters. The number of carbonyl (C=O) groups excluding carboxylic acids is 1. The normalized spacial score (nSPS) is 12.9. The van der Waals surface area contributed by atoms with Gasteiger partial charge in [0.05, 0.1) is 12.7 Å². The van der Waals surface area contributed by atoms with Crippen molar-refractivity contribution in [2.45, 2.75) is 26.8 Å². The van der Waals surface area contributed by atoms with E-state index in [1.807, 2.05) is 20.8 Å². The van der Waals surface area contributed by atoms with E-state index in [-0.39, 0.29) is 17.0 Å². The first-order valence-corrected chi connectivity index (χ1v) is 6.14. The van der Waals surface area contributed by atoms with Crippen LogP contribution in [0.1, 0.15) is 31.1 Å². The van der Waals surface area contributed by atoms with Crippen LogP contribution >= 0.6 is 0 Å². The van der Waals surface area contributed by atoms with Gasteiger partial charge in [-0.2, -0.15) is 0 Å². The van der Waals surface area contributed by atoms with E-state index in [0.29, 0.717) is 12.3 Å². The predicted octanol–water partition coefficient (Wildman–Crippen LogP) is 1.94. The number of carbonyl (C=O) groups is 1. The van der Waals surface area contributed by atoms with Gasteiger partial charge in [0.15, 0.2) is 0 Å². The molecule has 4 nitrogen and oxygen atoms in total. The molecule has 0 saturated heterocycles. The summed E-state index contributed by atoms with van der Waals surface area (Å²) in [6.45, 7) is 6.20. The highest BCUT2D eigenvalue weighted by Crippen LogP contribution is 2.20. The zero-order valence-electron chi connectivity index (χ0n) is 11.8. The maximum Gasteiger partial charge on any atom is 0.254 e. The Morgan fingerprint density at radius 3 is 2.53 bits per heavy atom. The molecule has 0 aliphatic rings. The molecule has 1 aromatic carbocycles. The third kappa shape index (κ3) is 3.92. The summed E-state index contributed by atoms with van der Waals surface area (Å²) in [6, 6.07) is 3.91. The second kappa shape index (κ2) is 6.02. The zero-order chi connectivity index (χ0) is 14.6. The molecule has 106 valence electrons. The van der Waals surface area contributed by atoms with Crippen LogP contribution < -0.4 is 15.8 Å². The van der Waals surface area contributed by atoms with Crippen LogP contribution in [0.3, 0.4) is 0 Å². The number of benzene rings is 1. The number of rotatable bonds is 4. The largest absolute Gasteiger partial charge is 0.497 e. The molecule has 0 radical (unpaired) electrons. The number of halogens is 1. The molecule has 0 heterocycles. The van der Waals surface area contributed by atoms with Gasteiger partial charge < -0.3 is 15.8 Å². The molecule has 3 N–H and O–H groups in total. The smallest absolute Gasteiger partial charge is 0.254 e. The van der Waals surface area contributed by atoms with Gasteiger partial charge in [0.2, 0.25) is 0 Å². The fourth-order valence-electron chi connectivity index (χ4n) is 1.67. The molecular formula is C14H21FN2O2. The van der Waals surface area contributed by atoms with E-state index in [1.165, 1.54) is 19.2 Å². The lowest BCUT2D eigenvalue weighted by molar-refractivity contribution is 0.0901. The molecule has 5 heteroatoms. The summed E-state index contributed by atoms with van der Waals surface area (Å²) in [7, 11) is 1.44. The fourth-order valence-corrected chi connectivity index (χ4v) is 1.67. The zero-order valence-corrected chi connectivity index (χ0v) is 11.8. The molecule has 0 aliphatic carbocycles. The van der Waals surface area contributed by atoms with E-state index >= 15 is 0 Å². The van der Waals surface area contributed by atoms with Crippen molar-refractivity contribution in [3.05, 3.63) is 29.6 Å². The molecule has 1 amide bonds. The van der Waals surface area contributed by atoms with Gasteiger partial charge in [-0.1, -0.05) is 20.8 Å². The van der Waals surface area contributed by atoms with E-state index in [0.717, 1.165) is 0 Å². The maximum atomic E-state index is 13.8. The first-order chi connectivity index (χ1) is 8.79. The van der Waals surface area contributed by atoms with E-state index in [1.54, 1.807) is 6.07 Å². The first kappa shape index (κ1) is 15.4. The van der Waals surface area contributed by atoms with Crippen molar-refractivity contribution < 1.29 is 13.9 Å². The van der Waals surface area contributed by atoms with Crippen LogP contribution in [0.5, 0.6) is 5.75 Å². The lowest BCUT2D eigenvalue weighted by Gasteiger charge is -2.30. The van der Waals surface area contributed by atoms with Crippen LogP contribution in [0.2, 0.25) is 0 Å². The molecule has 0 spiro atoms. The molecule has 1 rings (SSSR count). The molecule has 0 bridgehead atoms. The van der Waals surface area contributed by atoms with Crippen LogP contribution in [0.25, 0.3) is 0 Å². The third-order valence-electron chi connectivity index (χ3n) is 3.01. The average molecular weight is 268 g/mol. The quantitative estimate of drug-likeness (QED) is 0.877. The highest BCUT2D eigenvalue weighted by atomic mass is 19.1. The maximum absolute atomic E-state index is 13.8. The van der Waals surface area contributed by atoms with Gasteiger partial charge >= 0.3 is 0 Å². The van der Waals surface area contributed by atoms with Crippen LogP contribution in [0, 0.1) is 11.2 Å². The molecule has 0 aliphatic heterocycles. The van der Waals surface area contributed by atoms with E-state index in [4.69, 9.17) is 10.5 Å². The summed E-state index contributed by atoms with van der Waals surface area (Å²) in [6.07, 6.45) is 0. The second-order valence-electron chi connectivity index (χ2n) is 5.47. The Morgan fingerprint density at radius 1 is 1.47 bits per heavy atom. The van der Waals surface area contributed by atoms with E-state index in [2.05, 4.69) is 5.32 Å². The number of nitrogens with one attached hydrogen (secondary N) is 1. The molecule has 0 saturated carbocycles. The Labute approximate surface area is 113 Å². The lowest BCUT2D eigenvalue weighted by atomic mass is 9.86. The minimum Gasteiger partial charge on any atom is -0.497 e. The summed E-state index contributed by atoms with van der Waals surface area (Å²) >= 11 is 0. The van der Waals surface area contributed by atoms with Gasteiger partial charge in [-0.3, -0.25) is 4.79 Å². The van der Waals surface area contributed by atoms with Gasteiger partial charge in [0.25, 0.3) is 5.91 Å². The van der Waals surface area contributed by atoms with Crippen molar-refractivity contribution in [1.29, 1.82) is 0 Å². The summed E-state index contributed by atoms with van der Waals surface area (Å²) in [5.41, 5.74) is 5.44. The van der Waals surface area contributed by atoms with Crippen molar-refractivity contribution in [2.75, 3.05) is 13.7 Å². The highest BCUT2D eigenvalue weighted by Gasteiger charge is 2.26. The van der Waals surface area contributed by atoms with Crippen LogP contribution in [0.4, 0.5) is 4.39 Å². The van der Waals surface area contributed by atoms with Crippen LogP contribution in [-0.2, 0) is 0 Å². The molecule has 0 fully saturated rings. The minimum absolute atomic E-state index is 0.0106. The van der Waals surface area contributed by atoms with Gasteiger partial charge in [0, 0.05) is 18.7 Å². The second-order valence-corrected chi connectivity index (χ2v) is 5.47. The van der Waals surface area contributed by atoms with Crippen molar-refractivity contribution in [3.63, 3.8) is 0 Å². The van der Waals surface area contributed by atoms with Crippen LogP contribution in [0.15, 0.2) is 18.2 Å². The Kier molecular flexibility index (Phi) is 4.89. The highest BCUT2D eigenvalue weighted by molar-refractivity contribution is 5.94. The van der Waals surface area contributed by atoms with Crippen molar-refractivity contribution in [2.24, 2.45) is 11.1 Å². The lowest BCUT2D eigenvalue weighted by Crippen LogP contribution is -2.48. The van der Waals surface area contributed by atoms with Gasteiger partial charge in [-0.05, 0) is 17.5 Å². The van der Waals surface area contributed by atoms with Gasteiger partial charge in [-0.15, -0.1) is 0 Å². The number of methoxy groups -OCH3 is 1. The summed E-state index contributed by atoms with van der Waals surface area (Å²) in [5, 5.41) is 2.76. The monoisotopic (exact) mass is 268 g/mol. The first-order valence-electron chi connectivity index (χ1n) is 6.14. The standard InChI is InChI=1S/C14H21FN2O2/c1-14(2,3)12(8-16)17-13(18)10-6-5-9(19-4)7-11(10)15/h5-7,12H,8,16H2,1-4H3,(H,17,18). The Bertz CT molecular complexity index is 455. The SMILES string of the molecule is COc1ccc(C(=O)NC(CN)C(C)(C)C)c(F)c1.